The van der Waals surface area contributed by atoms with Crippen LogP contribution in [0.15, 0.2) is 0 Å². The Labute approximate surface area is 168 Å². The first-order valence-electron chi connectivity index (χ1n) is 10.0. The number of carbonyl (C=O) groups excluding carboxylic acids is 1. The van der Waals surface area contributed by atoms with E-state index in [0.717, 1.165) is 12.8 Å². The monoisotopic (exact) mass is 420 g/mol. The second kappa shape index (κ2) is 11.9. The van der Waals surface area contributed by atoms with E-state index in [0.29, 0.717) is 25.3 Å². The van der Waals surface area contributed by atoms with Crippen LogP contribution < -0.4 is 0 Å². The molecule has 0 spiro atoms. The molecule has 0 heterocycles. The molecule has 0 aromatic heterocycles. The minimum absolute atomic E-state index is 0.100. The van der Waals surface area contributed by atoms with Gasteiger partial charge < -0.3 is 28.9 Å². The third-order valence-corrected chi connectivity index (χ3v) is 9.10. The lowest BCUT2D eigenvalue weighted by Gasteiger charge is -2.35. The molecule has 0 saturated heterocycles. The fourth-order valence-electron chi connectivity index (χ4n) is 3.75. The Bertz CT molecular complexity index is 488. The number of aliphatic hydroxyl groups is 2. The van der Waals surface area contributed by atoms with Gasteiger partial charge in [0.15, 0.2) is 0 Å². The van der Waals surface area contributed by atoms with Gasteiger partial charge in [-0.15, -0.1) is 0 Å². The normalized spacial score (nSPS) is 25.1. The summed E-state index contributed by atoms with van der Waals surface area (Å²) in [5.41, 5.74) is 0. The van der Waals surface area contributed by atoms with E-state index in [1.54, 1.807) is 14.2 Å². The van der Waals surface area contributed by atoms with Crippen molar-refractivity contribution in [1.82, 2.24) is 0 Å². The third kappa shape index (κ3) is 7.11. The Hall–Kier alpha value is -1.00. The predicted octanol–water partition coefficient (Wildman–Crippen LogP) is 1.85. The Morgan fingerprint density at radius 3 is 2.32 bits per heavy atom. The quantitative estimate of drug-likeness (QED) is 0.323. The van der Waals surface area contributed by atoms with Crippen LogP contribution in [0.1, 0.15) is 52.4 Å². The van der Waals surface area contributed by atoms with Crippen molar-refractivity contribution in [2.75, 3.05) is 20.4 Å². The average Bonchev–Trinajstić information content (AvgIpc) is 2.68. The Kier molecular flexibility index (Phi) is 10.6. The summed E-state index contributed by atoms with van der Waals surface area (Å²) in [4.78, 5) is 23.6. The van der Waals surface area contributed by atoms with Gasteiger partial charge in [-0.2, -0.15) is 0 Å². The predicted molar refractivity (Wildman–Crippen MR) is 105 cm³/mol. The summed E-state index contributed by atoms with van der Waals surface area (Å²) < 4.78 is 16.3. The van der Waals surface area contributed by atoms with Crippen molar-refractivity contribution in [2.24, 2.45) is 17.8 Å². The van der Waals surface area contributed by atoms with Crippen LogP contribution in [-0.2, 0) is 23.2 Å². The van der Waals surface area contributed by atoms with Crippen LogP contribution in [0.25, 0.3) is 0 Å². The fourth-order valence-corrected chi connectivity index (χ4v) is 5.59. The lowest BCUT2D eigenvalue weighted by Crippen LogP contribution is -2.45. The molecule has 0 aromatic carbocycles. The smallest absolute Gasteiger partial charge is 0.363 e. The van der Waals surface area contributed by atoms with Crippen molar-refractivity contribution >= 4 is 20.5 Å². The van der Waals surface area contributed by atoms with Crippen LogP contribution in [0.4, 0.5) is 0 Å². The third-order valence-electron chi connectivity index (χ3n) is 6.08. The number of rotatable bonds is 12. The number of ether oxygens (including phenoxy) is 1. The molecule has 28 heavy (non-hydrogen) atoms. The van der Waals surface area contributed by atoms with Gasteiger partial charge in [-0.25, -0.2) is 0 Å². The molecular formula is C19H36O8Si. The summed E-state index contributed by atoms with van der Waals surface area (Å²) >= 11 is 0. The maximum absolute atomic E-state index is 12.5. The van der Waals surface area contributed by atoms with E-state index in [-0.39, 0.29) is 24.5 Å². The Morgan fingerprint density at radius 2 is 1.86 bits per heavy atom. The lowest BCUT2D eigenvalue weighted by molar-refractivity contribution is -0.168. The minimum atomic E-state index is -2.58. The number of carboxylic acids is 1. The number of carbonyl (C=O) groups is 2. The standard InChI is InChI=1S/C19H36O8Si/c1-5-13(2)15(11-18(22)23)19(24)27-17-7-6-14(10-16(17)21)8-9-28(12-20,25-3)26-4/h13-17,20-21H,5-12H2,1-4H3,(H,22,23). The molecule has 5 atom stereocenters. The van der Waals surface area contributed by atoms with Gasteiger partial charge in [-0.3, -0.25) is 9.59 Å². The molecule has 1 rings (SSSR count). The van der Waals surface area contributed by atoms with E-state index in [2.05, 4.69) is 0 Å². The molecule has 3 N–H and O–H groups in total. The van der Waals surface area contributed by atoms with Crippen molar-refractivity contribution in [3.05, 3.63) is 0 Å². The molecule has 0 aromatic rings. The molecule has 0 radical (unpaired) electrons. The number of aliphatic hydroxyl groups excluding tert-OH is 2. The maximum Gasteiger partial charge on any atom is 0.363 e. The van der Waals surface area contributed by atoms with Crippen molar-refractivity contribution in [3.8, 4) is 0 Å². The zero-order valence-electron chi connectivity index (χ0n) is 17.4. The van der Waals surface area contributed by atoms with Crippen molar-refractivity contribution in [2.45, 2.75) is 70.6 Å². The van der Waals surface area contributed by atoms with Crippen LogP contribution in [0.2, 0.25) is 6.04 Å². The highest BCUT2D eigenvalue weighted by Gasteiger charge is 2.39. The van der Waals surface area contributed by atoms with Crippen molar-refractivity contribution in [1.29, 1.82) is 0 Å². The first kappa shape index (κ1) is 25.0. The second-order valence-electron chi connectivity index (χ2n) is 7.83. The molecule has 0 aliphatic heterocycles. The van der Waals surface area contributed by atoms with Crippen LogP contribution in [0.5, 0.6) is 0 Å². The van der Waals surface area contributed by atoms with E-state index in [1.807, 2.05) is 13.8 Å². The number of esters is 1. The van der Waals surface area contributed by atoms with Gasteiger partial charge in [0.05, 0.1) is 24.7 Å². The highest BCUT2D eigenvalue weighted by atomic mass is 28.4. The topological polar surface area (TPSA) is 123 Å². The molecule has 5 unspecified atom stereocenters. The number of carboxylic acid groups (broad SMARTS) is 1. The lowest BCUT2D eigenvalue weighted by atomic mass is 9.83. The van der Waals surface area contributed by atoms with Crippen LogP contribution >= 0.6 is 0 Å². The number of hydrogen-bond acceptors (Lipinski definition) is 7. The van der Waals surface area contributed by atoms with E-state index < -0.39 is 38.6 Å². The van der Waals surface area contributed by atoms with Crippen molar-refractivity contribution in [3.63, 3.8) is 0 Å². The first-order chi connectivity index (χ1) is 13.2. The van der Waals surface area contributed by atoms with Gasteiger partial charge in [0.25, 0.3) is 0 Å². The summed E-state index contributed by atoms with van der Waals surface area (Å²) in [6.45, 7) is 3.74. The van der Waals surface area contributed by atoms with Gasteiger partial charge in [-0.05, 0) is 43.6 Å². The summed E-state index contributed by atoms with van der Waals surface area (Å²) in [6, 6.07) is 0.632. The molecule has 1 aliphatic carbocycles. The van der Waals surface area contributed by atoms with Crippen LogP contribution in [0, 0.1) is 17.8 Å². The largest absolute Gasteiger partial charge is 0.481 e. The summed E-state index contributed by atoms with van der Waals surface area (Å²) in [6.07, 6.45) is 1.50. The molecule has 9 heteroatoms. The highest BCUT2D eigenvalue weighted by molar-refractivity contribution is 6.67. The van der Waals surface area contributed by atoms with Crippen LogP contribution in [-0.4, -0.2) is 68.5 Å². The summed E-state index contributed by atoms with van der Waals surface area (Å²) in [7, 11) is 0.506. The molecule has 1 aliphatic rings. The molecule has 0 amide bonds. The first-order valence-corrected chi connectivity index (χ1v) is 12.3. The van der Waals surface area contributed by atoms with E-state index in [1.165, 1.54) is 0 Å². The molecule has 1 saturated carbocycles. The Balaban J connectivity index is 2.59. The zero-order chi connectivity index (χ0) is 21.3. The van der Waals surface area contributed by atoms with Gasteiger partial charge in [0.1, 0.15) is 6.10 Å². The average molecular weight is 421 g/mol. The van der Waals surface area contributed by atoms with E-state index in [4.69, 9.17) is 18.7 Å². The van der Waals surface area contributed by atoms with E-state index in [9.17, 15) is 19.8 Å². The zero-order valence-corrected chi connectivity index (χ0v) is 18.4. The second-order valence-corrected chi connectivity index (χ2v) is 11.3. The van der Waals surface area contributed by atoms with Gasteiger partial charge >= 0.3 is 20.5 Å². The summed E-state index contributed by atoms with van der Waals surface area (Å²) in [5.74, 6) is -2.13. The molecule has 1 fully saturated rings. The number of aliphatic carboxylic acids is 1. The molecule has 164 valence electrons. The van der Waals surface area contributed by atoms with E-state index >= 15 is 0 Å². The minimum Gasteiger partial charge on any atom is -0.481 e. The number of hydrogen-bond donors (Lipinski definition) is 3. The van der Waals surface area contributed by atoms with Crippen molar-refractivity contribution < 1.29 is 38.5 Å². The SMILES string of the molecule is CCC(C)C(CC(=O)O)C(=O)OC1CCC(CC[Si](CO)(OC)OC)CC1O. The summed E-state index contributed by atoms with van der Waals surface area (Å²) in [5, 5.41) is 29.1. The molecule has 8 nitrogen and oxygen atoms in total. The fraction of sp³-hybridized carbons (Fsp3) is 0.895. The van der Waals surface area contributed by atoms with Crippen LogP contribution in [0.3, 0.4) is 0 Å². The van der Waals surface area contributed by atoms with Gasteiger partial charge in [0.2, 0.25) is 0 Å². The maximum atomic E-state index is 12.5. The Morgan fingerprint density at radius 1 is 1.21 bits per heavy atom. The highest BCUT2D eigenvalue weighted by Crippen LogP contribution is 2.33. The molecule has 0 bridgehead atoms. The molecular weight excluding hydrogens is 384 g/mol. The van der Waals surface area contributed by atoms with Gasteiger partial charge in [0, 0.05) is 14.2 Å². The van der Waals surface area contributed by atoms with Gasteiger partial charge in [-0.1, -0.05) is 20.3 Å².